The minimum atomic E-state index is -0.961. The van der Waals surface area contributed by atoms with Crippen molar-refractivity contribution in [3.05, 3.63) is 84.1 Å². The summed E-state index contributed by atoms with van der Waals surface area (Å²) in [5, 5.41) is 2.74. The van der Waals surface area contributed by atoms with Crippen LogP contribution in [-0.4, -0.2) is 37.1 Å². The third-order valence-corrected chi connectivity index (χ3v) is 4.46. The molecule has 1 atom stereocenters. The van der Waals surface area contributed by atoms with Crippen molar-refractivity contribution in [3.8, 4) is 5.75 Å². The van der Waals surface area contributed by atoms with Gasteiger partial charge in [0.2, 0.25) is 0 Å². The number of pyridine rings is 1. The van der Waals surface area contributed by atoms with E-state index in [1.165, 1.54) is 13.1 Å². The van der Waals surface area contributed by atoms with Gasteiger partial charge in [0.15, 0.2) is 6.10 Å². The van der Waals surface area contributed by atoms with E-state index in [0.29, 0.717) is 29.4 Å². The van der Waals surface area contributed by atoms with Crippen LogP contribution >= 0.6 is 0 Å². The summed E-state index contributed by atoms with van der Waals surface area (Å²) in [6, 6.07) is 20.0. The maximum Gasteiger partial charge on any atom is 0.339 e. The van der Waals surface area contributed by atoms with Gasteiger partial charge in [0.05, 0.1) is 5.56 Å². The molecular weight excluding hydrogens is 394 g/mol. The summed E-state index contributed by atoms with van der Waals surface area (Å²) in [6.45, 7) is 1.99. The lowest BCUT2D eigenvalue weighted by atomic mass is 10.2. The van der Waals surface area contributed by atoms with Gasteiger partial charge in [-0.25, -0.2) is 9.78 Å². The number of aromatic nitrogens is 1. The molecule has 0 saturated carbocycles. The summed E-state index contributed by atoms with van der Waals surface area (Å²) < 4.78 is 11.0. The van der Waals surface area contributed by atoms with Crippen molar-refractivity contribution in [2.45, 2.75) is 19.6 Å². The van der Waals surface area contributed by atoms with Crippen molar-refractivity contribution in [1.29, 1.82) is 0 Å². The summed E-state index contributed by atoms with van der Waals surface area (Å²) in [4.78, 5) is 30.7. The third kappa shape index (κ3) is 6.30. The second-order valence-electron chi connectivity index (χ2n) is 7.13. The second-order valence-corrected chi connectivity index (χ2v) is 7.13. The molecule has 2 aromatic carbocycles. The Balaban J connectivity index is 1.52. The first kappa shape index (κ1) is 21.8. The van der Waals surface area contributed by atoms with Crippen molar-refractivity contribution in [3.63, 3.8) is 0 Å². The minimum absolute atomic E-state index is 0.332. The van der Waals surface area contributed by atoms with Crippen LogP contribution in [0.5, 0.6) is 5.75 Å². The highest BCUT2D eigenvalue weighted by Crippen LogP contribution is 2.18. The van der Waals surface area contributed by atoms with E-state index in [-0.39, 0.29) is 0 Å². The molecule has 1 amide bonds. The predicted molar refractivity (Wildman–Crippen MR) is 119 cm³/mol. The van der Waals surface area contributed by atoms with Crippen LogP contribution in [0, 0.1) is 0 Å². The number of hydrogen-bond acceptors (Lipinski definition) is 6. The van der Waals surface area contributed by atoms with E-state index < -0.39 is 18.0 Å². The van der Waals surface area contributed by atoms with E-state index in [1.54, 1.807) is 41.3 Å². The number of nitrogens with one attached hydrogen (secondary N) is 1. The molecule has 1 N–H and O–H groups in total. The van der Waals surface area contributed by atoms with Gasteiger partial charge < -0.3 is 19.7 Å². The van der Waals surface area contributed by atoms with E-state index in [9.17, 15) is 9.59 Å². The number of benzene rings is 2. The Bertz CT molecular complexity index is 1020. The minimum Gasteiger partial charge on any atom is -0.489 e. The molecule has 1 heterocycles. The van der Waals surface area contributed by atoms with E-state index in [0.717, 1.165) is 5.56 Å². The number of carbonyl (C=O) groups is 2. The highest BCUT2D eigenvalue weighted by atomic mass is 16.5. The molecule has 3 rings (SSSR count). The predicted octanol–water partition coefficient (Wildman–Crippen LogP) is 3.91. The molecular formula is C24H25N3O4. The zero-order chi connectivity index (χ0) is 22.2. The van der Waals surface area contributed by atoms with Crippen molar-refractivity contribution in [1.82, 2.24) is 4.98 Å². The Kier molecular flexibility index (Phi) is 7.22. The number of carbonyl (C=O) groups excluding carboxylic acids is 2. The standard InChI is InChI=1S/C24H25N3O4/c1-17(31-24(29)19-13-14-25-22(15-19)27(2)3)23(28)26-20-9-11-21(12-10-20)30-16-18-7-5-4-6-8-18/h4-15,17H,16H2,1-3H3,(H,26,28). The zero-order valence-corrected chi connectivity index (χ0v) is 17.7. The Morgan fingerprint density at radius 2 is 1.74 bits per heavy atom. The van der Waals surface area contributed by atoms with Gasteiger partial charge in [-0.2, -0.15) is 0 Å². The van der Waals surface area contributed by atoms with Crippen LogP contribution in [0.3, 0.4) is 0 Å². The summed E-state index contributed by atoms with van der Waals surface area (Å²) in [5.41, 5.74) is 1.99. The van der Waals surface area contributed by atoms with Crippen molar-refractivity contribution < 1.29 is 19.1 Å². The van der Waals surface area contributed by atoms with E-state index >= 15 is 0 Å². The molecule has 0 spiro atoms. The first-order valence-corrected chi connectivity index (χ1v) is 9.84. The fraction of sp³-hybridized carbons (Fsp3) is 0.208. The first-order valence-electron chi connectivity index (χ1n) is 9.84. The van der Waals surface area contributed by atoms with E-state index in [1.807, 2.05) is 44.4 Å². The number of hydrogen-bond donors (Lipinski definition) is 1. The van der Waals surface area contributed by atoms with Crippen LogP contribution in [0.15, 0.2) is 72.9 Å². The maximum atomic E-state index is 12.4. The number of esters is 1. The fourth-order valence-electron chi connectivity index (χ4n) is 2.69. The van der Waals surface area contributed by atoms with Gasteiger partial charge in [-0.3, -0.25) is 4.79 Å². The van der Waals surface area contributed by atoms with Crippen molar-refractivity contribution in [2.24, 2.45) is 0 Å². The largest absolute Gasteiger partial charge is 0.489 e. The summed E-state index contributed by atoms with van der Waals surface area (Å²) in [5.74, 6) is 0.308. The molecule has 0 aliphatic heterocycles. The number of ether oxygens (including phenoxy) is 2. The highest BCUT2D eigenvalue weighted by molar-refractivity contribution is 5.97. The third-order valence-electron chi connectivity index (χ3n) is 4.46. The van der Waals surface area contributed by atoms with Crippen LogP contribution in [0.1, 0.15) is 22.8 Å². The van der Waals surface area contributed by atoms with Crippen molar-refractivity contribution >= 4 is 23.4 Å². The molecule has 1 unspecified atom stereocenters. The Hall–Kier alpha value is -3.87. The number of amides is 1. The first-order chi connectivity index (χ1) is 14.9. The summed E-state index contributed by atoms with van der Waals surface area (Å²) >= 11 is 0. The molecule has 3 aromatic rings. The molecule has 7 heteroatoms. The molecule has 1 aromatic heterocycles. The SMILES string of the molecule is CC(OC(=O)c1ccnc(N(C)C)c1)C(=O)Nc1ccc(OCc2ccccc2)cc1. The Labute approximate surface area is 181 Å². The fourth-order valence-corrected chi connectivity index (χ4v) is 2.69. The molecule has 160 valence electrons. The Morgan fingerprint density at radius 1 is 1.03 bits per heavy atom. The van der Waals surface area contributed by atoms with Crippen molar-refractivity contribution in [2.75, 3.05) is 24.3 Å². The van der Waals surface area contributed by atoms with Crippen LogP contribution in [0.4, 0.5) is 11.5 Å². The van der Waals surface area contributed by atoms with Crippen LogP contribution in [-0.2, 0) is 16.1 Å². The van der Waals surface area contributed by atoms with E-state index in [2.05, 4.69) is 10.3 Å². The quantitative estimate of drug-likeness (QED) is 0.558. The average Bonchev–Trinajstić information content (AvgIpc) is 2.79. The maximum absolute atomic E-state index is 12.4. The van der Waals surface area contributed by atoms with Gasteiger partial charge in [-0.15, -0.1) is 0 Å². The lowest BCUT2D eigenvalue weighted by Crippen LogP contribution is -2.30. The summed E-state index contributed by atoms with van der Waals surface area (Å²) in [6.07, 6.45) is 0.565. The second kappa shape index (κ2) is 10.2. The highest BCUT2D eigenvalue weighted by Gasteiger charge is 2.19. The molecule has 0 aliphatic rings. The van der Waals surface area contributed by atoms with Gasteiger partial charge in [0.1, 0.15) is 18.2 Å². The molecule has 0 radical (unpaired) electrons. The molecule has 31 heavy (non-hydrogen) atoms. The van der Waals surface area contributed by atoms with Crippen LogP contribution < -0.4 is 15.0 Å². The normalized spacial score (nSPS) is 11.3. The average molecular weight is 419 g/mol. The van der Waals surface area contributed by atoms with Gasteiger partial charge in [0, 0.05) is 26.0 Å². The smallest absolute Gasteiger partial charge is 0.339 e. The molecule has 0 bridgehead atoms. The zero-order valence-electron chi connectivity index (χ0n) is 17.7. The number of anilines is 2. The van der Waals surface area contributed by atoms with Crippen LogP contribution in [0.2, 0.25) is 0 Å². The van der Waals surface area contributed by atoms with Crippen LogP contribution in [0.25, 0.3) is 0 Å². The van der Waals surface area contributed by atoms with Gasteiger partial charge in [0.25, 0.3) is 5.91 Å². The van der Waals surface area contributed by atoms with Gasteiger partial charge in [-0.05, 0) is 48.9 Å². The molecule has 0 aliphatic carbocycles. The topological polar surface area (TPSA) is 80.8 Å². The molecule has 7 nitrogen and oxygen atoms in total. The monoisotopic (exact) mass is 419 g/mol. The molecule has 0 fully saturated rings. The Morgan fingerprint density at radius 3 is 2.42 bits per heavy atom. The molecule has 0 saturated heterocycles. The lowest BCUT2D eigenvalue weighted by Gasteiger charge is -2.15. The number of nitrogens with zero attached hydrogens (tertiary/aromatic N) is 2. The van der Waals surface area contributed by atoms with E-state index in [4.69, 9.17) is 9.47 Å². The number of rotatable bonds is 8. The lowest BCUT2D eigenvalue weighted by molar-refractivity contribution is -0.123. The van der Waals surface area contributed by atoms with Gasteiger partial charge in [-0.1, -0.05) is 30.3 Å². The summed E-state index contributed by atoms with van der Waals surface area (Å²) in [7, 11) is 3.65. The van der Waals surface area contributed by atoms with Gasteiger partial charge >= 0.3 is 5.97 Å².